The number of hydrogen-bond acceptors (Lipinski definition) is 4. The maximum absolute atomic E-state index is 9.41. The molecule has 1 saturated heterocycles. The van der Waals surface area contributed by atoms with E-state index < -0.39 is 6.23 Å². The first-order valence-corrected chi connectivity index (χ1v) is 6.95. The van der Waals surface area contributed by atoms with Crippen LogP contribution in [0.4, 0.5) is 0 Å². The van der Waals surface area contributed by atoms with Crippen LogP contribution in [0.5, 0.6) is 0 Å². The molecular weight excluding hydrogens is 240 g/mol. The summed E-state index contributed by atoms with van der Waals surface area (Å²) in [5.74, 6) is 0. The van der Waals surface area contributed by atoms with Crippen LogP contribution in [-0.4, -0.2) is 37.1 Å². The Hall–Kier alpha value is -1.10. The molecule has 0 spiro atoms. The molecule has 0 amide bonds. The standard InChI is InChI=1S/C15H26N2O2/c1-3-4-15(18)17-11-5-13(2)8-12-19-14-6-9-16-10-7-14/h3-5,8,11,14-18H,6-7,9-10,12H2,1-2H3/b4-3+,11-5-,13-8+. The van der Waals surface area contributed by atoms with Gasteiger partial charge in [0.25, 0.3) is 0 Å². The molecule has 19 heavy (non-hydrogen) atoms. The van der Waals surface area contributed by atoms with Crippen LogP contribution >= 0.6 is 0 Å². The van der Waals surface area contributed by atoms with E-state index in [9.17, 15) is 5.11 Å². The Morgan fingerprint density at radius 2 is 2.21 bits per heavy atom. The summed E-state index contributed by atoms with van der Waals surface area (Å²) < 4.78 is 5.79. The summed E-state index contributed by atoms with van der Waals surface area (Å²) >= 11 is 0. The molecule has 1 aliphatic rings. The fraction of sp³-hybridized carbons (Fsp3) is 0.600. The Morgan fingerprint density at radius 3 is 2.89 bits per heavy atom. The molecule has 3 N–H and O–H groups in total. The molecular formula is C15H26N2O2. The van der Waals surface area contributed by atoms with Crippen LogP contribution in [0.3, 0.4) is 0 Å². The SMILES string of the molecule is C/C=C/C(O)N/C=C\C(C)=C\COC1CCNCC1. The highest BCUT2D eigenvalue weighted by Gasteiger charge is 2.11. The first-order valence-electron chi connectivity index (χ1n) is 6.95. The van der Waals surface area contributed by atoms with Crippen molar-refractivity contribution >= 4 is 0 Å². The predicted molar refractivity (Wildman–Crippen MR) is 78.7 cm³/mol. The van der Waals surface area contributed by atoms with Gasteiger partial charge in [-0.25, -0.2) is 0 Å². The van der Waals surface area contributed by atoms with Gasteiger partial charge in [-0.1, -0.05) is 17.7 Å². The van der Waals surface area contributed by atoms with Crippen LogP contribution in [0, 0.1) is 0 Å². The number of aliphatic hydroxyl groups excluding tert-OH is 1. The number of piperidine rings is 1. The molecule has 0 radical (unpaired) electrons. The second-order valence-electron chi connectivity index (χ2n) is 4.70. The lowest BCUT2D eigenvalue weighted by atomic mass is 10.1. The lowest BCUT2D eigenvalue weighted by molar-refractivity contribution is 0.0513. The van der Waals surface area contributed by atoms with Gasteiger partial charge >= 0.3 is 0 Å². The number of allylic oxidation sites excluding steroid dienone is 3. The van der Waals surface area contributed by atoms with Gasteiger partial charge in [-0.05, 0) is 58.1 Å². The smallest absolute Gasteiger partial charge is 0.143 e. The lowest BCUT2D eigenvalue weighted by Gasteiger charge is -2.22. The van der Waals surface area contributed by atoms with Crippen LogP contribution in [0.15, 0.2) is 36.1 Å². The molecule has 1 aliphatic heterocycles. The van der Waals surface area contributed by atoms with Crippen molar-refractivity contribution in [2.45, 2.75) is 39.0 Å². The number of ether oxygens (including phenoxy) is 1. The Morgan fingerprint density at radius 1 is 1.47 bits per heavy atom. The van der Waals surface area contributed by atoms with Crippen molar-refractivity contribution in [3.05, 3.63) is 36.1 Å². The summed E-state index contributed by atoms with van der Waals surface area (Å²) in [6, 6.07) is 0. The zero-order valence-electron chi connectivity index (χ0n) is 11.9. The Balaban J connectivity index is 2.18. The molecule has 4 nitrogen and oxygen atoms in total. The molecule has 1 fully saturated rings. The number of rotatable bonds is 7. The van der Waals surface area contributed by atoms with Crippen LogP contribution in [0.1, 0.15) is 26.7 Å². The number of hydrogen-bond donors (Lipinski definition) is 3. The fourth-order valence-corrected chi connectivity index (χ4v) is 1.86. The van der Waals surface area contributed by atoms with Crippen LogP contribution in [0.2, 0.25) is 0 Å². The predicted octanol–water partition coefficient (Wildman–Crippen LogP) is 1.70. The molecule has 4 heteroatoms. The minimum atomic E-state index is -0.625. The second kappa shape index (κ2) is 9.78. The van der Waals surface area contributed by atoms with Crippen molar-refractivity contribution in [2.75, 3.05) is 19.7 Å². The van der Waals surface area contributed by atoms with Gasteiger partial charge in [-0.15, -0.1) is 0 Å². The summed E-state index contributed by atoms with van der Waals surface area (Å²) in [5.41, 5.74) is 1.12. The number of aliphatic hydroxyl groups is 1. The van der Waals surface area contributed by atoms with Crippen molar-refractivity contribution in [3.63, 3.8) is 0 Å². The number of nitrogens with one attached hydrogen (secondary N) is 2. The zero-order chi connectivity index (χ0) is 13.9. The van der Waals surface area contributed by atoms with E-state index >= 15 is 0 Å². The van der Waals surface area contributed by atoms with E-state index in [4.69, 9.17) is 4.74 Å². The van der Waals surface area contributed by atoms with Gasteiger partial charge in [0.15, 0.2) is 0 Å². The zero-order valence-corrected chi connectivity index (χ0v) is 11.9. The van der Waals surface area contributed by atoms with Gasteiger partial charge in [-0.2, -0.15) is 0 Å². The highest BCUT2D eigenvalue weighted by Crippen LogP contribution is 2.07. The monoisotopic (exact) mass is 266 g/mol. The van der Waals surface area contributed by atoms with Gasteiger partial charge < -0.3 is 20.5 Å². The van der Waals surface area contributed by atoms with E-state index in [0.29, 0.717) is 12.7 Å². The first kappa shape index (κ1) is 16.0. The van der Waals surface area contributed by atoms with E-state index in [1.165, 1.54) is 0 Å². The molecule has 1 heterocycles. The van der Waals surface area contributed by atoms with Crippen LogP contribution < -0.4 is 10.6 Å². The highest BCUT2D eigenvalue weighted by atomic mass is 16.5. The van der Waals surface area contributed by atoms with Gasteiger partial charge in [0.05, 0.1) is 12.7 Å². The molecule has 0 aromatic carbocycles. The van der Waals surface area contributed by atoms with Gasteiger partial charge in [0.1, 0.15) is 6.23 Å². The molecule has 1 unspecified atom stereocenters. The van der Waals surface area contributed by atoms with Crippen LogP contribution in [0.25, 0.3) is 0 Å². The minimum Gasteiger partial charge on any atom is -0.374 e. The third kappa shape index (κ3) is 7.82. The van der Waals surface area contributed by atoms with Crippen molar-refractivity contribution in [1.82, 2.24) is 10.6 Å². The topological polar surface area (TPSA) is 53.5 Å². The molecule has 108 valence electrons. The highest BCUT2D eigenvalue weighted by molar-refractivity contribution is 5.15. The molecule has 0 aliphatic carbocycles. The van der Waals surface area contributed by atoms with Crippen molar-refractivity contribution < 1.29 is 9.84 Å². The molecule has 0 aromatic heterocycles. The second-order valence-corrected chi connectivity index (χ2v) is 4.70. The summed E-state index contributed by atoms with van der Waals surface area (Å²) in [5, 5.41) is 15.6. The van der Waals surface area contributed by atoms with Gasteiger partial charge in [0, 0.05) is 0 Å². The molecule has 0 bridgehead atoms. The lowest BCUT2D eigenvalue weighted by Crippen LogP contribution is -2.32. The Bertz CT molecular complexity index is 318. The summed E-state index contributed by atoms with van der Waals surface area (Å²) in [7, 11) is 0. The largest absolute Gasteiger partial charge is 0.374 e. The van der Waals surface area contributed by atoms with Crippen molar-refractivity contribution in [1.29, 1.82) is 0 Å². The van der Waals surface area contributed by atoms with Crippen molar-refractivity contribution in [2.24, 2.45) is 0 Å². The third-order valence-corrected chi connectivity index (χ3v) is 3.01. The van der Waals surface area contributed by atoms with Gasteiger partial charge in [0.2, 0.25) is 0 Å². The first-order chi connectivity index (χ1) is 9.22. The molecule has 1 atom stereocenters. The normalized spacial score (nSPS) is 20.3. The minimum absolute atomic E-state index is 0.393. The Kier molecular flexibility index (Phi) is 8.21. The van der Waals surface area contributed by atoms with Crippen molar-refractivity contribution in [3.8, 4) is 0 Å². The third-order valence-electron chi connectivity index (χ3n) is 3.01. The average molecular weight is 266 g/mol. The molecule has 0 aromatic rings. The summed E-state index contributed by atoms with van der Waals surface area (Å²) in [4.78, 5) is 0. The van der Waals surface area contributed by atoms with E-state index in [-0.39, 0.29) is 0 Å². The van der Waals surface area contributed by atoms with E-state index in [0.717, 1.165) is 31.5 Å². The maximum Gasteiger partial charge on any atom is 0.143 e. The fourth-order valence-electron chi connectivity index (χ4n) is 1.86. The Labute approximate surface area is 116 Å². The molecule has 0 saturated carbocycles. The van der Waals surface area contributed by atoms with E-state index in [1.807, 2.05) is 19.9 Å². The van der Waals surface area contributed by atoms with Gasteiger partial charge in [-0.3, -0.25) is 0 Å². The molecule has 1 rings (SSSR count). The summed E-state index contributed by atoms with van der Waals surface area (Å²) in [6.07, 6.45) is 11.2. The van der Waals surface area contributed by atoms with E-state index in [2.05, 4.69) is 16.7 Å². The van der Waals surface area contributed by atoms with E-state index in [1.54, 1.807) is 18.4 Å². The average Bonchev–Trinajstić information content (AvgIpc) is 2.40. The quantitative estimate of drug-likeness (QED) is 0.373. The van der Waals surface area contributed by atoms with Crippen LogP contribution in [-0.2, 0) is 4.74 Å². The maximum atomic E-state index is 9.41. The summed E-state index contributed by atoms with van der Waals surface area (Å²) in [6.45, 7) is 6.65.